The van der Waals surface area contributed by atoms with Crippen molar-refractivity contribution in [1.29, 1.82) is 0 Å². The van der Waals surface area contributed by atoms with Gasteiger partial charge in [-0.3, -0.25) is 0 Å². The number of para-hydroxylation sites is 1. The first-order valence-electron chi connectivity index (χ1n) is 7.75. The van der Waals surface area contributed by atoms with Crippen LogP contribution in [0.3, 0.4) is 0 Å². The number of pyridine rings is 1. The van der Waals surface area contributed by atoms with E-state index in [2.05, 4.69) is 15.2 Å². The standard InChI is InChI=1S/C18H13Cl2N5S/c19-14-6-3-5-12(9-14)17-23-24-18(25(17)21)26-10-13-8-11-4-1-2-7-15(11)22-16(13)20/h1-9H,10,21H2. The number of rotatable bonds is 4. The fourth-order valence-corrected chi connectivity index (χ4v) is 3.89. The predicted octanol–water partition coefficient (Wildman–Crippen LogP) is 4.81. The van der Waals surface area contributed by atoms with Gasteiger partial charge < -0.3 is 5.84 Å². The third-order valence-electron chi connectivity index (χ3n) is 3.85. The lowest BCUT2D eigenvalue weighted by molar-refractivity contribution is 0.849. The lowest BCUT2D eigenvalue weighted by Gasteiger charge is -2.06. The predicted molar refractivity (Wildman–Crippen MR) is 107 cm³/mol. The molecule has 0 saturated heterocycles. The maximum atomic E-state index is 6.31. The zero-order chi connectivity index (χ0) is 18.1. The quantitative estimate of drug-likeness (QED) is 0.302. The average molecular weight is 402 g/mol. The van der Waals surface area contributed by atoms with E-state index in [1.54, 1.807) is 12.1 Å². The molecule has 5 nitrogen and oxygen atoms in total. The van der Waals surface area contributed by atoms with E-state index >= 15 is 0 Å². The largest absolute Gasteiger partial charge is 0.335 e. The topological polar surface area (TPSA) is 69.6 Å². The van der Waals surface area contributed by atoms with Crippen LogP contribution < -0.4 is 5.84 Å². The molecule has 26 heavy (non-hydrogen) atoms. The summed E-state index contributed by atoms with van der Waals surface area (Å²) < 4.78 is 1.46. The summed E-state index contributed by atoms with van der Waals surface area (Å²) in [7, 11) is 0. The number of hydrogen-bond acceptors (Lipinski definition) is 5. The van der Waals surface area contributed by atoms with Crippen LogP contribution in [0, 0.1) is 0 Å². The minimum absolute atomic E-state index is 0.481. The summed E-state index contributed by atoms with van der Waals surface area (Å²) >= 11 is 13.8. The normalized spacial score (nSPS) is 11.2. The van der Waals surface area contributed by atoms with Gasteiger partial charge in [0.15, 0.2) is 5.82 Å². The Morgan fingerprint density at radius 2 is 1.85 bits per heavy atom. The Morgan fingerprint density at radius 1 is 1.00 bits per heavy atom. The van der Waals surface area contributed by atoms with E-state index in [9.17, 15) is 0 Å². The van der Waals surface area contributed by atoms with Crippen LogP contribution in [0.2, 0.25) is 10.2 Å². The first kappa shape index (κ1) is 17.1. The van der Waals surface area contributed by atoms with E-state index in [1.165, 1.54) is 16.4 Å². The second-order valence-electron chi connectivity index (χ2n) is 5.61. The van der Waals surface area contributed by atoms with Gasteiger partial charge in [0, 0.05) is 27.3 Å². The summed E-state index contributed by atoms with van der Waals surface area (Å²) in [6.07, 6.45) is 0. The van der Waals surface area contributed by atoms with Gasteiger partial charge in [0.1, 0.15) is 5.15 Å². The van der Waals surface area contributed by atoms with Gasteiger partial charge in [0.25, 0.3) is 0 Å². The lowest BCUT2D eigenvalue weighted by atomic mass is 10.2. The van der Waals surface area contributed by atoms with Crippen molar-refractivity contribution in [2.45, 2.75) is 10.9 Å². The minimum atomic E-state index is 0.481. The Kier molecular flexibility index (Phi) is 4.72. The maximum absolute atomic E-state index is 6.31. The van der Waals surface area contributed by atoms with E-state index in [0.717, 1.165) is 22.0 Å². The summed E-state index contributed by atoms with van der Waals surface area (Å²) in [5.41, 5.74) is 2.60. The molecule has 8 heteroatoms. The van der Waals surface area contributed by atoms with Gasteiger partial charge in [-0.25, -0.2) is 9.66 Å². The van der Waals surface area contributed by atoms with Crippen LogP contribution in [-0.4, -0.2) is 19.9 Å². The number of nitrogens with zero attached hydrogens (tertiary/aromatic N) is 4. The van der Waals surface area contributed by atoms with Gasteiger partial charge in [-0.05, 0) is 24.3 Å². The third kappa shape index (κ3) is 3.35. The fourth-order valence-electron chi connectivity index (χ4n) is 2.58. The minimum Gasteiger partial charge on any atom is -0.335 e. The number of nitrogen functional groups attached to an aromatic ring is 1. The summed E-state index contributed by atoms with van der Waals surface area (Å²) in [5.74, 6) is 7.30. The molecular formula is C18H13Cl2N5S. The van der Waals surface area contributed by atoms with E-state index < -0.39 is 0 Å². The van der Waals surface area contributed by atoms with Crippen LogP contribution in [-0.2, 0) is 5.75 Å². The Labute approximate surface area is 164 Å². The molecule has 2 heterocycles. The molecule has 0 radical (unpaired) electrons. The molecule has 0 aliphatic rings. The first-order valence-corrected chi connectivity index (χ1v) is 9.49. The SMILES string of the molecule is Nn1c(SCc2cc3ccccc3nc2Cl)nnc1-c1cccc(Cl)c1. The molecule has 0 unspecified atom stereocenters. The van der Waals surface area contributed by atoms with Gasteiger partial charge in [-0.15, -0.1) is 10.2 Å². The first-order chi connectivity index (χ1) is 12.6. The van der Waals surface area contributed by atoms with Crippen LogP contribution in [0.15, 0.2) is 59.8 Å². The van der Waals surface area contributed by atoms with Gasteiger partial charge >= 0.3 is 0 Å². The molecule has 0 aliphatic carbocycles. The lowest BCUT2D eigenvalue weighted by Crippen LogP contribution is -2.11. The van der Waals surface area contributed by atoms with Crippen LogP contribution in [0.25, 0.3) is 22.3 Å². The summed E-state index contributed by atoms with van der Waals surface area (Å²) in [6, 6.07) is 17.2. The zero-order valence-corrected chi connectivity index (χ0v) is 15.8. The number of nitrogens with two attached hydrogens (primary N) is 1. The molecule has 2 aromatic carbocycles. The van der Waals surface area contributed by atoms with Crippen molar-refractivity contribution < 1.29 is 0 Å². The summed E-state index contributed by atoms with van der Waals surface area (Å²) in [6.45, 7) is 0. The van der Waals surface area contributed by atoms with Crippen molar-refractivity contribution in [3.63, 3.8) is 0 Å². The Morgan fingerprint density at radius 3 is 2.69 bits per heavy atom. The molecule has 0 saturated carbocycles. The van der Waals surface area contributed by atoms with Crippen molar-refractivity contribution in [2.75, 3.05) is 5.84 Å². The smallest absolute Gasteiger partial charge is 0.210 e. The second-order valence-corrected chi connectivity index (χ2v) is 7.34. The molecule has 0 spiro atoms. The molecule has 4 aromatic rings. The van der Waals surface area contributed by atoms with E-state index in [1.807, 2.05) is 42.5 Å². The number of fused-ring (bicyclic) bond motifs is 1. The highest BCUT2D eigenvalue weighted by molar-refractivity contribution is 7.98. The van der Waals surface area contributed by atoms with Gasteiger partial charge in [0.2, 0.25) is 5.16 Å². The van der Waals surface area contributed by atoms with Crippen LogP contribution in [0.5, 0.6) is 0 Å². The van der Waals surface area contributed by atoms with E-state index in [-0.39, 0.29) is 0 Å². The molecule has 2 N–H and O–H groups in total. The number of thioether (sulfide) groups is 1. The molecule has 130 valence electrons. The van der Waals surface area contributed by atoms with Gasteiger partial charge in [0.05, 0.1) is 5.52 Å². The number of benzene rings is 2. The third-order valence-corrected chi connectivity index (χ3v) is 5.41. The Bertz CT molecular complexity index is 1100. The Balaban J connectivity index is 1.58. The van der Waals surface area contributed by atoms with Crippen molar-refractivity contribution in [2.24, 2.45) is 0 Å². The highest BCUT2D eigenvalue weighted by Gasteiger charge is 2.14. The summed E-state index contributed by atoms with van der Waals surface area (Å²) in [4.78, 5) is 4.44. The van der Waals surface area contributed by atoms with Crippen molar-refractivity contribution in [3.8, 4) is 11.4 Å². The molecule has 2 aromatic heterocycles. The summed E-state index contributed by atoms with van der Waals surface area (Å²) in [5, 5.41) is 11.1. The number of aromatic nitrogens is 4. The second kappa shape index (κ2) is 7.15. The molecule has 0 amide bonds. The van der Waals surface area contributed by atoms with Crippen molar-refractivity contribution in [1.82, 2.24) is 19.9 Å². The number of halogens is 2. The van der Waals surface area contributed by atoms with Crippen molar-refractivity contribution >= 4 is 45.9 Å². The number of hydrogen-bond donors (Lipinski definition) is 1. The fraction of sp³-hybridized carbons (Fsp3) is 0.0556. The van der Waals surface area contributed by atoms with Crippen LogP contribution in [0.1, 0.15) is 5.56 Å². The Hall–Kier alpha value is -2.28. The van der Waals surface area contributed by atoms with Gasteiger partial charge in [-0.1, -0.05) is 65.3 Å². The molecule has 0 atom stereocenters. The molecular weight excluding hydrogens is 389 g/mol. The average Bonchev–Trinajstić information content (AvgIpc) is 3.00. The zero-order valence-electron chi connectivity index (χ0n) is 13.4. The van der Waals surface area contributed by atoms with Crippen molar-refractivity contribution in [3.05, 3.63) is 70.3 Å². The molecule has 0 fully saturated rings. The van der Waals surface area contributed by atoms with E-state index in [4.69, 9.17) is 29.0 Å². The molecule has 4 rings (SSSR count). The highest BCUT2D eigenvalue weighted by Crippen LogP contribution is 2.29. The highest BCUT2D eigenvalue weighted by atomic mass is 35.5. The van der Waals surface area contributed by atoms with E-state index in [0.29, 0.717) is 26.9 Å². The molecule has 0 bridgehead atoms. The van der Waals surface area contributed by atoms with Crippen LogP contribution >= 0.6 is 35.0 Å². The van der Waals surface area contributed by atoms with Gasteiger partial charge in [-0.2, -0.15) is 0 Å². The van der Waals surface area contributed by atoms with Crippen LogP contribution in [0.4, 0.5) is 0 Å². The maximum Gasteiger partial charge on any atom is 0.210 e. The monoisotopic (exact) mass is 401 g/mol. The molecule has 0 aliphatic heterocycles.